The molecule has 0 saturated carbocycles. The van der Waals surface area contributed by atoms with E-state index in [1.807, 2.05) is 45.9 Å². The van der Waals surface area contributed by atoms with Gasteiger partial charge in [-0.3, -0.25) is 14.5 Å². The van der Waals surface area contributed by atoms with Crippen molar-refractivity contribution < 1.29 is 18.0 Å². The Labute approximate surface area is 174 Å². The Balaban J connectivity index is 1.96. The summed E-state index contributed by atoms with van der Waals surface area (Å²) >= 11 is 0. The van der Waals surface area contributed by atoms with Crippen LogP contribution in [0.5, 0.6) is 0 Å². The Morgan fingerprint density at radius 3 is 2.48 bits per heavy atom. The van der Waals surface area contributed by atoms with Crippen molar-refractivity contribution in [2.45, 2.75) is 40.2 Å². The molecule has 0 spiro atoms. The third-order valence-electron chi connectivity index (χ3n) is 5.23. The molecule has 162 valence electrons. The van der Waals surface area contributed by atoms with Crippen LogP contribution >= 0.6 is 0 Å². The molecule has 1 aromatic rings. The van der Waals surface area contributed by atoms with Crippen molar-refractivity contribution in [2.24, 2.45) is 5.92 Å². The maximum atomic E-state index is 12.9. The van der Waals surface area contributed by atoms with Crippen LogP contribution in [0.25, 0.3) is 0 Å². The Kier molecular flexibility index (Phi) is 7.82. The number of rotatable bonds is 8. The molecule has 8 heteroatoms. The molecule has 0 radical (unpaired) electrons. The molecule has 29 heavy (non-hydrogen) atoms. The molecular formula is C21H33N3O4S. The van der Waals surface area contributed by atoms with Crippen LogP contribution in [0.15, 0.2) is 18.2 Å². The van der Waals surface area contributed by atoms with Gasteiger partial charge in [-0.25, -0.2) is 8.42 Å². The Hall–Kier alpha value is -1.93. The molecule has 1 aliphatic heterocycles. The predicted octanol–water partition coefficient (Wildman–Crippen LogP) is 1.85. The van der Waals surface area contributed by atoms with E-state index in [0.29, 0.717) is 13.0 Å². The van der Waals surface area contributed by atoms with Gasteiger partial charge in [0.1, 0.15) is 0 Å². The van der Waals surface area contributed by atoms with E-state index >= 15 is 0 Å². The van der Waals surface area contributed by atoms with E-state index in [-0.39, 0.29) is 48.4 Å². The van der Waals surface area contributed by atoms with Gasteiger partial charge >= 0.3 is 0 Å². The van der Waals surface area contributed by atoms with E-state index in [4.69, 9.17) is 0 Å². The average Bonchev–Trinajstić information content (AvgIpc) is 2.96. The Bertz CT molecular complexity index is 851. The first-order valence-corrected chi connectivity index (χ1v) is 11.8. The van der Waals surface area contributed by atoms with Crippen molar-refractivity contribution in [1.29, 1.82) is 0 Å². The second-order valence-electron chi connectivity index (χ2n) is 8.46. The number of sulfone groups is 1. The molecule has 7 nitrogen and oxygen atoms in total. The lowest BCUT2D eigenvalue weighted by Crippen LogP contribution is -2.48. The predicted molar refractivity (Wildman–Crippen MR) is 116 cm³/mol. The first kappa shape index (κ1) is 23.3. The topological polar surface area (TPSA) is 86.8 Å². The second kappa shape index (κ2) is 9.71. The van der Waals surface area contributed by atoms with Crippen LogP contribution in [-0.4, -0.2) is 74.3 Å². The number of carbonyl (C=O) groups excluding carboxylic acids is 2. The van der Waals surface area contributed by atoms with Crippen molar-refractivity contribution in [3.8, 4) is 0 Å². The Morgan fingerprint density at radius 1 is 1.21 bits per heavy atom. The number of aryl methyl sites for hydroxylation is 1. The van der Waals surface area contributed by atoms with Gasteiger partial charge in [-0.15, -0.1) is 0 Å². The zero-order valence-corrected chi connectivity index (χ0v) is 18.9. The monoisotopic (exact) mass is 423 g/mol. The molecule has 2 rings (SSSR count). The molecule has 0 bridgehead atoms. The number of likely N-dealkylation sites (N-methyl/N-ethyl adjacent to an activating group) is 1. The maximum absolute atomic E-state index is 12.9. The van der Waals surface area contributed by atoms with Crippen LogP contribution in [0.2, 0.25) is 0 Å². The van der Waals surface area contributed by atoms with E-state index in [1.54, 1.807) is 16.8 Å². The number of nitrogens with zero attached hydrogens (tertiary/aromatic N) is 2. The molecule has 1 atom stereocenters. The second-order valence-corrected chi connectivity index (χ2v) is 10.7. The van der Waals surface area contributed by atoms with E-state index in [1.165, 1.54) is 0 Å². The highest BCUT2D eigenvalue weighted by Gasteiger charge is 2.35. The molecular weight excluding hydrogens is 390 g/mol. The number of hydrogen-bond acceptors (Lipinski definition) is 5. The minimum atomic E-state index is -3.07. The van der Waals surface area contributed by atoms with Gasteiger partial charge < -0.3 is 10.2 Å². The molecule has 0 aliphatic carbocycles. The fraction of sp³-hybridized carbons (Fsp3) is 0.619. The van der Waals surface area contributed by atoms with Crippen molar-refractivity contribution >= 4 is 27.3 Å². The molecule has 0 unspecified atom stereocenters. The van der Waals surface area contributed by atoms with Gasteiger partial charge in [0, 0.05) is 18.3 Å². The highest BCUT2D eigenvalue weighted by atomic mass is 32.2. The lowest BCUT2D eigenvalue weighted by Gasteiger charge is -2.31. The van der Waals surface area contributed by atoms with Gasteiger partial charge in [0.15, 0.2) is 9.84 Å². The molecule has 1 N–H and O–H groups in total. The smallest absolute Gasteiger partial charge is 0.238 e. The minimum absolute atomic E-state index is 0.0301. The van der Waals surface area contributed by atoms with Crippen LogP contribution in [0.3, 0.4) is 0 Å². The lowest BCUT2D eigenvalue weighted by atomic mass is 10.1. The van der Waals surface area contributed by atoms with Crippen molar-refractivity contribution in [3.63, 3.8) is 0 Å². The fourth-order valence-electron chi connectivity index (χ4n) is 3.57. The molecule has 0 aromatic heterocycles. The first-order valence-electron chi connectivity index (χ1n) is 10.0. The molecule has 1 aliphatic rings. The number of hydrogen-bond donors (Lipinski definition) is 1. The SMILES string of the molecule is Cc1cccc(NC(=O)CN(C)CC(=O)N(CC(C)C)[C@@H]2CCS(=O)(=O)C2)c1C. The first-order chi connectivity index (χ1) is 13.5. The van der Waals surface area contributed by atoms with Crippen LogP contribution < -0.4 is 5.32 Å². The fourth-order valence-corrected chi connectivity index (χ4v) is 5.30. The van der Waals surface area contributed by atoms with Crippen molar-refractivity contribution in [2.75, 3.05) is 43.5 Å². The van der Waals surface area contributed by atoms with Crippen LogP contribution in [0.4, 0.5) is 5.69 Å². The summed E-state index contributed by atoms with van der Waals surface area (Å²) in [7, 11) is -1.35. The highest BCUT2D eigenvalue weighted by molar-refractivity contribution is 7.91. The van der Waals surface area contributed by atoms with Crippen LogP contribution in [0.1, 0.15) is 31.4 Å². The normalized spacial score (nSPS) is 18.2. The van der Waals surface area contributed by atoms with Gasteiger partial charge in [-0.05, 0) is 50.4 Å². The lowest BCUT2D eigenvalue weighted by molar-refractivity contribution is -0.134. The standard InChI is InChI=1S/C21H33N3O4S/c1-15(2)11-24(18-9-10-29(27,28)14-18)21(26)13-23(5)12-20(25)22-19-8-6-7-16(3)17(19)4/h6-8,15,18H,9-14H2,1-5H3,(H,22,25)/t18-/m1/s1. The largest absolute Gasteiger partial charge is 0.337 e. The third kappa shape index (κ3) is 6.82. The van der Waals surface area contributed by atoms with Crippen LogP contribution in [0, 0.1) is 19.8 Å². The van der Waals surface area contributed by atoms with Gasteiger partial charge in [0.25, 0.3) is 0 Å². The number of nitrogens with one attached hydrogen (secondary N) is 1. The van der Waals surface area contributed by atoms with Gasteiger partial charge in [-0.1, -0.05) is 26.0 Å². The zero-order chi connectivity index (χ0) is 21.8. The van der Waals surface area contributed by atoms with E-state index in [0.717, 1.165) is 16.8 Å². The molecule has 1 aromatic carbocycles. The minimum Gasteiger partial charge on any atom is -0.337 e. The van der Waals surface area contributed by atoms with E-state index in [2.05, 4.69) is 5.32 Å². The van der Waals surface area contributed by atoms with Crippen LogP contribution in [-0.2, 0) is 19.4 Å². The quantitative estimate of drug-likeness (QED) is 0.690. The van der Waals surface area contributed by atoms with Crippen molar-refractivity contribution in [3.05, 3.63) is 29.3 Å². The highest BCUT2D eigenvalue weighted by Crippen LogP contribution is 2.20. The summed E-state index contributed by atoms with van der Waals surface area (Å²) in [6.07, 6.45) is 0.484. The van der Waals surface area contributed by atoms with Crippen molar-refractivity contribution in [1.82, 2.24) is 9.80 Å². The number of anilines is 1. The molecule has 1 saturated heterocycles. The molecule has 1 fully saturated rings. The molecule has 1 heterocycles. The number of benzene rings is 1. The van der Waals surface area contributed by atoms with Gasteiger partial charge in [0.2, 0.25) is 11.8 Å². The van der Waals surface area contributed by atoms with Gasteiger partial charge in [-0.2, -0.15) is 0 Å². The summed E-state index contributed by atoms with van der Waals surface area (Å²) < 4.78 is 23.7. The summed E-state index contributed by atoms with van der Waals surface area (Å²) in [5, 5.41) is 2.90. The summed E-state index contributed by atoms with van der Waals surface area (Å²) in [6.45, 7) is 8.62. The average molecular weight is 424 g/mol. The summed E-state index contributed by atoms with van der Waals surface area (Å²) in [5.74, 6) is 0.0754. The number of carbonyl (C=O) groups is 2. The zero-order valence-electron chi connectivity index (χ0n) is 18.1. The molecule has 2 amide bonds. The van der Waals surface area contributed by atoms with E-state index < -0.39 is 9.84 Å². The van der Waals surface area contributed by atoms with E-state index in [9.17, 15) is 18.0 Å². The van der Waals surface area contributed by atoms with Gasteiger partial charge in [0.05, 0.1) is 24.6 Å². The third-order valence-corrected chi connectivity index (χ3v) is 6.98. The Morgan fingerprint density at radius 2 is 1.90 bits per heavy atom. The summed E-state index contributed by atoms with van der Waals surface area (Å²) in [4.78, 5) is 28.6. The number of amides is 2. The summed E-state index contributed by atoms with van der Waals surface area (Å²) in [6, 6.07) is 5.47. The summed E-state index contributed by atoms with van der Waals surface area (Å²) in [5.41, 5.74) is 2.89. The maximum Gasteiger partial charge on any atom is 0.238 e.